The molecule has 0 bridgehead atoms. The molecule has 1 atom stereocenters. The zero-order chi connectivity index (χ0) is 26.3. The summed E-state index contributed by atoms with van der Waals surface area (Å²) in [6, 6.07) is -0.151. The highest BCUT2D eigenvalue weighted by Crippen LogP contribution is 2.36. The maximum absolute atomic E-state index is 15.5. The predicted molar refractivity (Wildman–Crippen MR) is 127 cm³/mol. The lowest BCUT2D eigenvalue weighted by atomic mass is 9.81. The molecular weight excluding hydrogens is 505 g/mol. The minimum Gasteiger partial charge on any atom is -0.460 e. The Bertz CT molecular complexity index is 874. The molecule has 1 aromatic heterocycles. The van der Waals surface area contributed by atoms with Crippen LogP contribution in [0.5, 0.6) is 5.19 Å². The van der Waals surface area contributed by atoms with E-state index < -0.39 is 24.7 Å². The fraction of sp³-hybridized carbons (Fsp3) is 0.739. The van der Waals surface area contributed by atoms with Crippen molar-refractivity contribution in [3.05, 3.63) is 22.3 Å². The second-order valence-electron chi connectivity index (χ2n) is 9.42. The monoisotopic (exact) mass is 539 g/mol. The van der Waals surface area contributed by atoms with Crippen molar-refractivity contribution < 1.29 is 31.5 Å². The molecule has 7 nitrogen and oxygen atoms in total. The van der Waals surface area contributed by atoms with Gasteiger partial charge in [0.15, 0.2) is 12.9 Å². The quantitative estimate of drug-likeness (QED) is 0.312. The van der Waals surface area contributed by atoms with Crippen molar-refractivity contribution in [1.82, 2.24) is 20.5 Å². The summed E-state index contributed by atoms with van der Waals surface area (Å²) in [5.74, 6) is -0.335. The SMILES string of the molecule is CN/C=C(/CC(=O)NC1CCC(F)(CCN2CCc3nc(OCC(F)(F)F)sc3CC2)CC1)C(N)F. The largest absolute Gasteiger partial charge is 0.460 e. The van der Waals surface area contributed by atoms with Crippen LogP contribution in [0.3, 0.4) is 0 Å². The average molecular weight is 540 g/mol. The van der Waals surface area contributed by atoms with Crippen LogP contribution in [0.15, 0.2) is 11.8 Å². The van der Waals surface area contributed by atoms with Gasteiger partial charge in [0.05, 0.1) is 12.1 Å². The van der Waals surface area contributed by atoms with E-state index in [0.29, 0.717) is 64.6 Å². The lowest BCUT2D eigenvalue weighted by Gasteiger charge is -2.35. The van der Waals surface area contributed by atoms with E-state index in [9.17, 15) is 22.4 Å². The van der Waals surface area contributed by atoms with Crippen molar-refractivity contribution in [2.45, 2.75) is 75.5 Å². The molecule has 1 amide bonds. The van der Waals surface area contributed by atoms with Crippen molar-refractivity contribution in [3.63, 3.8) is 0 Å². The standard InChI is InChI=1S/C23H34F5N5O2S/c1-30-13-15(20(24)29)12-19(34)31-16-2-6-22(25,7-3-16)8-11-33-9-4-17-18(5-10-33)36-21(32-17)35-14-23(26,27)28/h13,16,20,30H,2-12,14,29H2,1H3,(H,31,34)/b15-13-. The fourth-order valence-corrected chi connectivity index (χ4v) is 5.52. The number of aromatic nitrogens is 1. The first-order chi connectivity index (χ1) is 17.0. The molecule has 0 aromatic carbocycles. The summed E-state index contributed by atoms with van der Waals surface area (Å²) in [7, 11) is 1.59. The molecule has 2 heterocycles. The van der Waals surface area contributed by atoms with E-state index in [4.69, 9.17) is 10.5 Å². The third-order valence-corrected chi connectivity index (χ3v) is 7.68. The number of fused-ring (bicyclic) bond motifs is 1. The smallest absolute Gasteiger partial charge is 0.422 e. The van der Waals surface area contributed by atoms with Gasteiger partial charge in [0, 0.05) is 55.8 Å². The molecule has 1 saturated carbocycles. The van der Waals surface area contributed by atoms with Crippen LogP contribution >= 0.6 is 11.3 Å². The first-order valence-corrected chi connectivity index (χ1v) is 12.9. The molecule has 0 spiro atoms. The topological polar surface area (TPSA) is 92.5 Å². The average Bonchev–Trinajstić information content (AvgIpc) is 3.10. The number of nitrogens with one attached hydrogen (secondary N) is 2. The van der Waals surface area contributed by atoms with E-state index in [-0.39, 0.29) is 29.1 Å². The number of hydrogen-bond acceptors (Lipinski definition) is 7. The summed E-state index contributed by atoms with van der Waals surface area (Å²) in [6.45, 7) is 0.562. The second kappa shape index (κ2) is 12.5. The van der Waals surface area contributed by atoms with Crippen LogP contribution in [0.2, 0.25) is 0 Å². The number of thiazole rings is 1. The van der Waals surface area contributed by atoms with Gasteiger partial charge in [-0.2, -0.15) is 13.2 Å². The van der Waals surface area contributed by atoms with Crippen LogP contribution in [0, 0.1) is 0 Å². The predicted octanol–water partition coefficient (Wildman–Crippen LogP) is 3.39. The van der Waals surface area contributed by atoms with Crippen molar-refractivity contribution in [2.75, 3.05) is 33.3 Å². The Morgan fingerprint density at radius 1 is 1.33 bits per heavy atom. The molecule has 0 saturated heterocycles. The molecule has 1 fully saturated rings. The highest BCUT2D eigenvalue weighted by molar-refractivity contribution is 7.13. The Balaban J connectivity index is 1.39. The summed E-state index contributed by atoms with van der Waals surface area (Å²) >= 11 is 1.15. The minimum atomic E-state index is -4.40. The van der Waals surface area contributed by atoms with E-state index in [0.717, 1.165) is 21.9 Å². The van der Waals surface area contributed by atoms with Crippen LogP contribution in [0.1, 0.15) is 49.1 Å². The van der Waals surface area contributed by atoms with Crippen LogP contribution in [-0.2, 0) is 17.6 Å². The van der Waals surface area contributed by atoms with E-state index in [1.807, 2.05) is 0 Å². The number of rotatable bonds is 10. The summed E-state index contributed by atoms with van der Waals surface area (Å²) < 4.78 is 70.7. The van der Waals surface area contributed by atoms with E-state index >= 15 is 4.39 Å². The summed E-state index contributed by atoms with van der Waals surface area (Å²) in [4.78, 5) is 19.5. The Hall–Kier alpha value is -1.99. The van der Waals surface area contributed by atoms with Crippen molar-refractivity contribution in [2.24, 2.45) is 5.73 Å². The van der Waals surface area contributed by atoms with E-state index in [1.165, 1.54) is 6.20 Å². The highest BCUT2D eigenvalue weighted by Gasteiger charge is 2.36. The van der Waals surface area contributed by atoms with Gasteiger partial charge in [-0.15, -0.1) is 0 Å². The molecule has 36 heavy (non-hydrogen) atoms. The van der Waals surface area contributed by atoms with Gasteiger partial charge in [0.25, 0.3) is 5.19 Å². The Morgan fingerprint density at radius 2 is 2.03 bits per heavy atom. The Kier molecular flexibility index (Phi) is 9.93. The summed E-state index contributed by atoms with van der Waals surface area (Å²) in [5.41, 5.74) is 4.84. The molecule has 204 valence electrons. The van der Waals surface area contributed by atoms with Gasteiger partial charge in [-0.05, 0) is 38.5 Å². The molecule has 13 heteroatoms. The van der Waals surface area contributed by atoms with Gasteiger partial charge in [-0.1, -0.05) is 11.3 Å². The number of nitrogens with two attached hydrogens (primary N) is 1. The number of nitrogens with zero attached hydrogens (tertiary/aromatic N) is 2. The Labute approximate surface area is 211 Å². The maximum atomic E-state index is 15.5. The van der Waals surface area contributed by atoms with Gasteiger partial charge in [0.2, 0.25) is 5.91 Å². The van der Waals surface area contributed by atoms with Crippen molar-refractivity contribution in [1.29, 1.82) is 0 Å². The normalized spacial score (nSPS) is 24.5. The van der Waals surface area contributed by atoms with E-state index in [1.54, 1.807) is 7.05 Å². The van der Waals surface area contributed by atoms with Crippen LogP contribution in [-0.4, -0.2) is 73.3 Å². The van der Waals surface area contributed by atoms with Gasteiger partial charge >= 0.3 is 6.18 Å². The van der Waals surface area contributed by atoms with Crippen molar-refractivity contribution in [3.8, 4) is 5.19 Å². The molecule has 1 aliphatic carbocycles. The zero-order valence-corrected chi connectivity index (χ0v) is 21.1. The Morgan fingerprint density at radius 3 is 2.67 bits per heavy atom. The first-order valence-electron chi connectivity index (χ1n) is 12.1. The van der Waals surface area contributed by atoms with Crippen LogP contribution in [0.4, 0.5) is 22.0 Å². The van der Waals surface area contributed by atoms with E-state index in [2.05, 4.69) is 20.5 Å². The van der Waals surface area contributed by atoms with Gasteiger partial charge in [-0.3, -0.25) is 10.5 Å². The van der Waals surface area contributed by atoms with Gasteiger partial charge in [0.1, 0.15) is 5.67 Å². The molecule has 4 N–H and O–H groups in total. The molecule has 1 aliphatic heterocycles. The van der Waals surface area contributed by atoms with Gasteiger partial charge in [-0.25, -0.2) is 13.8 Å². The second-order valence-corrected chi connectivity index (χ2v) is 10.5. The first kappa shape index (κ1) is 28.6. The minimum absolute atomic E-state index is 0.0409. The van der Waals surface area contributed by atoms with Crippen LogP contribution in [0.25, 0.3) is 0 Å². The molecule has 2 aliphatic rings. The molecule has 0 radical (unpaired) electrons. The third kappa shape index (κ3) is 8.84. The number of halogens is 5. The molecule has 3 rings (SSSR count). The summed E-state index contributed by atoms with van der Waals surface area (Å²) in [5, 5.41) is 5.57. The number of alkyl halides is 5. The summed E-state index contributed by atoms with van der Waals surface area (Å²) in [6.07, 6.45) is -1.61. The molecule has 1 unspecified atom stereocenters. The lowest BCUT2D eigenvalue weighted by molar-refractivity contribution is -0.153. The highest BCUT2D eigenvalue weighted by atomic mass is 32.1. The number of hydrogen-bond donors (Lipinski definition) is 3. The number of amides is 1. The lowest BCUT2D eigenvalue weighted by Crippen LogP contribution is -2.43. The fourth-order valence-electron chi connectivity index (χ4n) is 4.58. The number of carbonyl (C=O) groups is 1. The third-order valence-electron chi connectivity index (χ3n) is 6.61. The van der Waals surface area contributed by atoms with Gasteiger partial charge < -0.3 is 20.3 Å². The molecule has 1 aromatic rings. The zero-order valence-electron chi connectivity index (χ0n) is 20.3. The maximum Gasteiger partial charge on any atom is 0.422 e. The molecular formula is C23H34F5N5O2S. The van der Waals surface area contributed by atoms with Crippen LogP contribution < -0.4 is 21.1 Å². The number of ether oxygens (including phenoxy) is 1. The van der Waals surface area contributed by atoms with Crippen molar-refractivity contribution >= 4 is 17.2 Å². The number of carbonyl (C=O) groups excluding carboxylic acids is 1.